The van der Waals surface area contributed by atoms with E-state index in [4.69, 9.17) is 0 Å². The Kier molecular flexibility index (Phi) is 8.57. The topological polar surface area (TPSA) is 37.3 Å². The fraction of sp³-hybridized carbons (Fsp3) is 0.550. The van der Waals surface area contributed by atoms with E-state index < -0.39 is 5.97 Å². The molecule has 0 aromatic heterocycles. The maximum atomic E-state index is 11.6. The Morgan fingerprint density at radius 1 is 1.18 bits per heavy atom. The number of carbonyl (C=O) groups is 1. The first kappa shape index (κ1) is 18.5. The van der Waals surface area contributed by atoms with Gasteiger partial charge in [0.2, 0.25) is 0 Å². The van der Waals surface area contributed by atoms with Crippen LogP contribution in [0.3, 0.4) is 0 Å². The molecule has 0 fully saturated rings. The van der Waals surface area contributed by atoms with E-state index in [9.17, 15) is 9.90 Å². The van der Waals surface area contributed by atoms with E-state index in [1.165, 1.54) is 5.56 Å². The molecule has 0 radical (unpaired) electrons. The Morgan fingerprint density at radius 3 is 2.41 bits per heavy atom. The minimum Gasteiger partial charge on any atom is -0.481 e. The van der Waals surface area contributed by atoms with Crippen molar-refractivity contribution in [2.24, 2.45) is 11.8 Å². The summed E-state index contributed by atoms with van der Waals surface area (Å²) >= 11 is 0. The van der Waals surface area contributed by atoms with Gasteiger partial charge in [-0.15, -0.1) is 0 Å². The molecular formula is C20H30O2. The molecule has 0 aliphatic heterocycles. The van der Waals surface area contributed by atoms with Gasteiger partial charge in [0, 0.05) is 0 Å². The third-order valence-electron chi connectivity index (χ3n) is 4.26. The molecule has 1 rings (SSSR count). The summed E-state index contributed by atoms with van der Waals surface area (Å²) in [5, 5.41) is 9.51. The van der Waals surface area contributed by atoms with Crippen molar-refractivity contribution < 1.29 is 9.90 Å². The molecule has 22 heavy (non-hydrogen) atoms. The molecule has 0 aliphatic carbocycles. The molecule has 122 valence electrons. The van der Waals surface area contributed by atoms with Gasteiger partial charge >= 0.3 is 5.97 Å². The number of carboxylic acid groups (broad SMARTS) is 1. The minimum atomic E-state index is -0.705. The molecule has 0 saturated carbocycles. The van der Waals surface area contributed by atoms with E-state index in [1.54, 1.807) is 0 Å². The van der Waals surface area contributed by atoms with Gasteiger partial charge in [-0.2, -0.15) is 0 Å². The molecule has 1 aromatic rings. The third-order valence-corrected chi connectivity index (χ3v) is 4.26. The normalized spacial score (nSPS) is 15.6. The van der Waals surface area contributed by atoms with E-state index in [1.807, 2.05) is 18.2 Å². The number of unbranched alkanes of at least 4 members (excludes halogenated alkanes) is 1. The number of allylic oxidation sites excluding steroid dienone is 1. The average Bonchev–Trinajstić information content (AvgIpc) is 2.51. The summed E-state index contributed by atoms with van der Waals surface area (Å²) in [7, 11) is 0. The fourth-order valence-electron chi connectivity index (χ4n) is 3.01. The van der Waals surface area contributed by atoms with E-state index >= 15 is 0 Å². The van der Waals surface area contributed by atoms with Gasteiger partial charge in [-0.3, -0.25) is 4.79 Å². The van der Waals surface area contributed by atoms with Crippen LogP contribution in [0.5, 0.6) is 0 Å². The molecule has 1 aromatic carbocycles. The first-order chi connectivity index (χ1) is 10.6. The molecule has 0 amide bonds. The lowest BCUT2D eigenvalue weighted by atomic mass is 9.81. The van der Waals surface area contributed by atoms with Crippen LogP contribution < -0.4 is 0 Å². The van der Waals surface area contributed by atoms with Gasteiger partial charge in [-0.25, -0.2) is 0 Å². The molecule has 0 bridgehead atoms. The van der Waals surface area contributed by atoms with Crippen LogP contribution in [0.15, 0.2) is 42.5 Å². The number of aliphatic carboxylic acids is 1. The van der Waals surface area contributed by atoms with Crippen molar-refractivity contribution in [3.8, 4) is 0 Å². The molecule has 2 nitrogen and oxygen atoms in total. The molecule has 0 aliphatic rings. The van der Waals surface area contributed by atoms with Gasteiger partial charge in [0.1, 0.15) is 0 Å². The Bertz CT molecular complexity index is 450. The third kappa shape index (κ3) is 6.05. The maximum absolute atomic E-state index is 11.6. The highest BCUT2D eigenvalue weighted by molar-refractivity contribution is 5.72. The van der Waals surface area contributed by atoms with Crippen LogP contribution in [0.1, 0.15) is 64.4 Å². The number of hydrogen-bond donors (Lipinski definition) is 1. The summed E-state index contributed by atoms with van der Waals surface area (Å²) in [4.78, 5) is 11.6. The Balaban J connectivity index is 2.79. The number of hydrogen-bond acceptors (Lipinski definition) is 1. The second-order valence-corrected chi connectivity index (χ2v) is 6.19. The summed E-state index contributed by atoms with van der Waals surface area (Å²) in [5.41, 5.74) is 1.33. The van der Waals surface area contributed by atoms with Crippen LogP contribution in [0.25, 0.3) is 0 Å². The minimum absolute atomic E-state index is 0.141. The van der Waals surface area contributed by atoms with Crippen LogP contribution in [0, 0.1) is 11.8 Å². The number of rotatable bonds is 10. The van der Waals surface area contributed by atoms with Crippen molar-refractivity contribution in [3.63, 3.8) is 0 Å². The summed E-state index contributed by atoms with van der Waals surface area (Å²) in [6.07, 6.45) is 9.07. The second kappa shape index (κ2) is 10.2. The van der Waals surface area contributed by atoms with Crippen LogP contribution in [0.4, 0.5) is 0 Å². The molecule has 0 heterocycles. The second-order valence-electron chi connectivity index (χ2n) is 6.19. The molecule has 0 saturated heterocycles. The lowest BCUT2D eigenvalue weighted by Crippen LogP contribution is -2.21. The molecular weight excluding hydrogens is 272 g/mol. The van der Waals surface area contributed by atoms with Crippen LogP contribution >= 0.6 is 0 Å². The summed E-state index contributed by atoms with van der Waals surface area (Å²) in [6, 6.07) is 10.5. The number of carboxylic acids is 1. The quantitative estimate of drug-likeness (QED) is 0.567. The van der Waals surface area contributed by atoms with Crippen molar-refractivity contribution in [3.05, 3.63) is 48.0 Å². The lowest BCUT2D eigenvalue weighted by Gasteiger charge is -2.24. The van der Waals surface area contributed by atoms with Crippen LogP contribution in [0.2, 0.25) is 0 Å². The molecule has 0 spiro atoms. The average molecular weight is 302 g/mol. The van der Waals surface area contributed by atoms with Gasteiger partial charge in [-0.1, -0.05) is 76.1 Å². The predicted octanol–water partition coefficient (Wildman–Crippen LogP) is 5.65. The monoisotopic (exact) mass is 302 g/mol. The van der Waals surface area contributed by atoms with Gasteiger partial charge in [0.15, 0.2) is 0 Å². The zero-order valence-electron chi connectivity index (χ0n) is 14.2. The van der Waals surface area contributed by atoms with Crippen molar-refractivity contribution in [1.29, 1.82) is 0 Å². The highest BCUT2D eigenvalue weighted by atomic mass is 16.4. The van der Waals surface area contributed by atoms with Crippen molar-refractivity contribution in [2.45, 2.75) is 58.8 Å². The number of benzene rings is 1. The molecule has 1 N–H and O–H groups in total. The van der Waals surface area contributed by atoms with Crippen molar-refractivity contribution in [1.82, 2.24) is 0 Å². The molecule has 3 atom stereocenters. The fourth-order valence-corrected chi connectivity index (χ4v) is 3.01. The Hall–Kier alpha value is -1.57. The largest absolute Gasteiger partial charge is 0.481 e. The van der Waals surface area contributed by atoms with Gasteiger partial charge in [0.25, 0.3) is 0 Å². The van der Waals surface area contributed by atoms with E-state index in [-0.39, 0.29) is 11.8 Å². The van der Waals surface area contributed by atoms with Gasteiger partial charge in [-0.05, 0) is 36.7 Å². The highest BCUT2D eigenvalue weighted by Crippen LogP contribution is 2.32. The van der Waals surface area contributed by atoms with Gasteiger partial charge in [0.05, 0.1) is 5.92 Å². The zero-order chi connectivity index (χ0) is 16.4. The summed E-state index contributed by atoms with van der Waals surface area (Å²) < 4.78 is 0. The van der Waals surface area contributed by atoms with E-state index in [0.29, 0.717) is 5.92 Å². The SMILES string of the molecule is CCCC=CC(C(=O)O)C(C)CC(CCC)c1ccccc1. The predicted molar refractivity (Wildman–Crippen MR) is 93.0 cm³/mol. The van der Waals surface area contributed by atoms with Gasteiger partial charge < -0.3 is 5.11 Å². The van der Waals surface area contributed by atoms with Crippen LogP contribution in [-0.4, -0.2) is 11.1 Å². The van der Waals surface area contributed by atoms with E-state index in [2.05, 4.69) is 45.0 Å². The summed E-state index contributed by atoms with van der Waals surface area (Å²) in [6.45, 7) is 6.37. The molecule has 3 unspecified atom stereocenters. The molecule has 2 heteroatoms. The lowest BCUT2D eigenvalue weighted by molar-refractivity contribution is -0.141. The summed E-state index contributed by atoms with van der Waals surface area (Å²) in [5.74, 6) is -0.497. The first-order valence-electron chi connectivity index (χ1n) is 8.54. The highest BCUT2D eigenvalue weighted by Gasteiger charge is 2.25. The van der Waals surface area contributed by atoms with Crippen molar-refractivity contribution in [2.75, 3.05) is 0 Å². The Morgan fingerprint density at radius 2 is 1.86 bits per heavy atom. The zero-order valence-corrected chi connectivity index (χ0v) is 14.2. The standard InChI is InChI=1S/C20H30O2/c1-4-6-8-14-19(20(21)22)16(3)15-18(11-5-2)17-12-9-7-10-13-17/h7-10,12-14,16,18-19H,4-6,11,15H2,1-3H3,(H,21,22). The maximum Gasteiger partial charge on any atom is 0.310 e. The van der Waals surface area contributed by atoms with Crippen molar-refractivity contribution >= 4 is 5.97 Å². The smallest absolute Gasteiger partial charge is 0.310 e. The first-order valence-corrected chi connectivity index (χ1v) is 8.54. The Labute approximate surface area is 135 Å². The van der Waals surface area contributed by atoms with E-state index in [0.717, 1.165) is 32.1 Å². The van der Waals surface area contributed by atoms with Crippen LogP contribution in [-0.2, 0) is 4.79 Å².